The molecule has 8 heteroatoms. The van der Waals surface area contributed by atoms with Gasteiger partial charge in [-0.1, -0.05) is 20.8 Å². The van der Waals surface area contributed by atoms with Crippen LogP contribution >= 0.6 is 0 Å². The Kier molecular flexibility index (Phi) is 6.44. The standard InChI is InChI=1S/C17H30N2O6/c1-16(2,3)12(18-15(23)25-17(4,5)6)13(21)19-9-10(20)8-11(19)14(22)24-7/h10-12,20H,8-9H2,1-7H3,(H,18,23)/t10?,11?,12-/m1/s1. The summed E-state index contributed by atoms with van der Waals surface area (Å²) >= 11 is 0. The second-order valence-corrected chi connectivity index (χ2v) is 8.36. The number of amides is 2. The third-order valence-corrected chi connectivity index (χ3v) is 3.81. The van der Waals surface area contributed by atoms with E-state index in [1.165, 1.54) is 12.0 Å². The van der Waals surface area contributed by atoms with Gasteiger partial charge in [-0.25, -0.2) is 9.59 Å². The van der Waals surface area contributed by atoms with Gasteiger partial charge < -0.3 is 24.8 Å². The van der Waals surface area contributed by atoms with Crippen LogP contribution in [-0.2, 0) is 19.1 Å². The van der Waals surface area contributed by atoms with E-state index >= 15 is 0 Å². The summed E-state index contributed by atoms with van der Waals surface area (Å²) in [5.41, 5.74) is -1.32. The average Bonchev–Trinajstić information content (AvgIpc) is 2.82. The fourth-order valence-electron chi connectivity index (χ4n) is 2.66. The number of carbonyl (C=O) groups is 3. The lowest BCUT2D eigenvalue weighted by Gasteiger charge is -2.35. The molecule has 3 atom stereocenters. The Morgan fingerprint density at radius 3 is 2.16 bits per heavy atom. The monoisotopic (exact) mass is 358 g/mol. The van der Waals surface area contributed by atoms with Crippen LogP contribution in [0.25, 0.3) is 0 Å². The zero-order chi connectivity index (χ0) is 19.6. The number of likely N-dealkylation sites (tertiary alicyclic amines) is 1. The number of aliphatic hydroxyl groups excluding tert-OH is 1. The molecule has 1 fully saturated rings. The third kappa shape index (κ3) is 5.88. The van der Waals surface area contributed by atoms with Crippen molar-refractivity contribution in [2.45, 2.75) is 71.8 Å². The van der Waals surface area contributed by atoms with Gasteiger partial charge in [0.15, 0.2) is 0 Å². The van der Waals surface area contributed by atoms with Gasteiger partial charge in [0, 0.05) is 13.0 Å². The van der Waals surface area contributed by atoms with Gasteiger partial charge in [0.1, 0.15) is 17.7 Å². The van der Waals surface area contributed by atoms with E-state index in [9.17, 15) is 19.5 Å². The first-order valence-corrected chi connectivity index (χ1v) is 8.32. The molecule has 1 rings (SSSR count). The first kappa shape index (κ1) is 21.2. The average molecular weight is 358 g/mol. The van der Waals surface area contributed by atoms with Crippen LogP contribution in [0.2, 0.25) is 0 Å². The minimum Gasteiger partial charge on any atom is -0.467 e. The smallest absolute Gasteiger partial charge is 0.408 e. The maximum Gasteiger partial charge on any atom is 0.408 e. The van der Waals surface area contributed by atoms with Crippen LogP contribution in [0.3, 0.4) is 0 Å². The van der Waals surface area contributed by atoms with Crippen molar-refractivity contribution < 1.29 is 29.0 Å². The van der Waals surface area contributed by atoms with Gasteiger partial charge in [0.2, 0.25) is 5.91 Å². The zero-order valence-corrected chi connectivity index (χ0v) is 16.1. The van der Waals surface area contributed by atoms with Crippen molar-refractivity contribution in [1.29, 1.82) is 0 Å². The van der Waals surface area contributed by atoms with Crippen LogP contribution in [0.15, 0.2) is 0 Å². The quantitative estimate of drug-likeness (QED) is 0.731. The predicted molar refractivity (Wildman–Crippen MR) is 90.8 cm³/mol. The number of esters is 1. The largest absolute Gasteiger partial charge is 0.467 e. The molecule has 25 heavy (non-hydrogen) atoms. The van der Waals surface area contributed by atoms with Crippen molar-refractivity contribution in [2.24, 2.45) is 5.41 Å². The molecule has 0 aromatic rings. The van der Waals surface area contributed by atoms with Crippen LogP contribution in [-0.4, -0.2) is 65.4 Å². The highest BCUT2D eigenvalue weighted by atomic mass is 16.6. The van der Waals surface area contributed by atoms with Crippen molar-refractivity contribution in [3.8, 4) is 0 Å². The molecule has 1 saturated heterocycles. The van der Waals surface area contributed by atoms with E-state index in [2.05, 4.69) is 5.32 Å². The first-order chi connectivity index (χ1) is 11.3. The number of nitrogens with zero attached hydrogens (tertiary/aromatic N) is 1. The van der Waals surface area contributed by atoms with Gasteiger partial charge in [-0.05, 0) is 26.2 Å². The normalized spacial score (nSPS) is 22.3. The van der Waals surface area contributed by atoms with Crippen LogP contribution in [0.5, 0.6) is 0 Å². The van der Waals surface area contributed by atoms with Crippen molar-refractivity contribution in [3.63, 3.8) is 0 Å². The SMILES string of the molecule is COC(=O)C1CC(O)CN1C(=O)[C@@H](NC(=O)OC(C)(C)C)C(C)(C)C. The lowest BCUT2D eigenvalue weighted by atomic mass is 9.85. The molecular weight excluding hydrogens is 328 g/mol. The molecule has 0 aromatic carbocycles. The van der Waals surface area contributed by atoms with Crippen LogP contribution < -0.4 is 5.32 Å². The Hall–Kier alpha value is -1.83. The van der Waals surface area contributed by atoms with Crippen molar-refractivity contribution in [3.05, 3.63) is 0 Å². The second kappa shape index (κ2) is 7.59. The number of ether oxygens (including phenoxy) is 2. The van der Waals surface area contributed by atoms with Crippen molar-refractivity contribution in [2.75, 3.05) is 13.7 Å². The number of alkyl carbamates (subject to hydrolysis) is 1. The van der Waals surface area contributed by atoms with Crippen LogP contribution in [0, 0.1) is 5.41 Å². The van der Waals surface area contributed by atoms with Crippen LogP contribution in [0.1, 0.15) is 48.0 Å². The van der Waals surface area contributed by atoms with Crippen molar-refractivity contribution in [1.82, 2.24) is 10.2 Å². The highest BCUT2D eigenvalue weighted by molar-refractivity contribution is 5.91. The lowest BCUT2D eigenvalue weighted by molar-refractivity contribution is -0.152. The Labute approximate surface area is 148 Å². The minimum absolute atomic E-state index is 0.0151. The molecule has 1 aliphatic heterocycles. The number of carbonyl (C=O) groups excluding carboxylic acids is 3. The molecule has 0 aliphatic carbocycles. The Morgan fingerprint density at radius 2 is 1.72 bits per heavy atom. The first-order valence-electron chi connectivity index (χ1n) is 8.32. The highest BCUT2D eigenvalue weighted by Crippen LogP contribution is 2.26. The minimum atomic E-state index is -0.917. The van der Waals surface area contributed by atoms with Gasteiger partial charge >= 0.3 is 12.1 Å². The van der Waals surface area contributed by atoms with E-state index in [-0.39, 0.29) is 13.0 Å². The molecular formula is C17H30N2O6. The lowest BCUT2D eigenvalue weighted by Crippen LogP contribution is -2.57. The number of hydrogen-bond acceptors (Lipinski definition) is 6. The van der Waals surface area contributed by atoms with Gasteiger partial charge in [-0.2, -0.15) is 0 Å². The molecule has 0 radical (unpaired) electrons. The van der Waals surface area contributed by atoms with Gasteiger partial charge in [0.05, 0.1) is 13.2 Å². The van der Waals surface area contributed by atoms with Gasteiger partial charge in [-0.15, -0.1) is 0 Å². The predicted octanol–water partition coefficient (Wildman–Crippen LogP) is 1.06. The summed E-state index contributed by atoms with van der Waals surface area (Å²) in [5, 5.41) is 12.5. The molecule has 144 valence electrons. The molecule has 0 aromatic heterocycles. The Morgan fingerprint density at radius 1 is 1.16 bits per heavy atom. The Bertz CT molecular complexity index is 520. The number of nitrogens with one attached hydrogen (secondary N) is 1. The number of hydrogen-bond donors (Lipinski definition) is 2. The summed E-state index contributed by atoms with van der Waals surface area (Å²) in [6.45, 7) is 10.6. The zero-order valence-electron chi connectivity index (χ0n) is 16.1. The summed E-state index contributed by atoms with van der Waals surface area (Å²) in [4.78, 5) is 38.3. The molecule has 0 bridgehead atoms. The van der Waals surface area contributed by atoms with Crippen LogP contribution in [0.4, 0.5) is 4.79 Å². The molecule has 2 unspecified atom stereocenters. The van der Waals surface area contributed by atoms with E-state index in [1.54, 1.807) is 41.5 Å². The molecule has 0 spiro atoms. The van der Waals surface area contributed by atoms with Crippen molar-refractivity contribution >= 4 is 18.0 Å². The highest BCUT2D eigenvalue weighted by Gasteiger charge is 2.45. The fraction of sp³-hybridized carbons (Fsp3) is 0.824. The summed E-state index contributed by atoms with van der Waals surface area (Å²) in [5.74, 6) is -1.04. The summed E-state index contributed by atoms with van der Waals surface area (Å²) in [7, 11) is 1.23. The molecule has 1 aliphatic rings. The number of rotatable bonds is 3. The number of β-amino-alcohol motifs (C(OH)–C–C–N with tert-alkyl or cyclic N) is 1. The van der Waals surface area contributed by atoms with E-state index in [0.29, 0.717) is 0 Å². The van der Waals surface area contributed by atoms with Gasteiger partial charge in [0.25, 0.3) is 0 Å². The topological polar surface area (TPSA) is 105 Å². The Balaban J connectivity index is 3.01. The molecule has 0 saturated carbocycles. The van der Waals surface area contributed by atoms with E-state index < -0.39 is 47.2 Å². The third-order valence-electron chi connectivity index (χ3n) is 3.81. The maximum atomic E-state index is 13.0. The number of aliphatic hydroxyl groups is 1. The summed E-state index contributed by atoms with van der Waals surface area (Å²) in [6, 6.07) is -1.78. The number of methoxy groups -OCH3 is 1. The maximum absolute atomic E-state index is 13.0. The second-order valence-electron chi connectivity index (χ2n) is 8.36. The fourth-order valence-corrected chi connectivity index (χ4v) is 2.66. The molecule has 2 N–H and O–H groups in total. The van der Waals surface area contributed by atoms with E-state index in [0.717, 1.165) is 0 Å². The molecule has 8 nitrogen and oxygen atoms in total. The molecule has 2 amide bonds. The molecule has 1 heterocycles. The van der Waals surface area contributed by atoms with E-state index in [1.807, 2.05) is 0 Å². The van der Waals surface area contributed by atoms with E-state index in [4.69, 9.17) is 9.47 Å². The van der Waals surface area contributed by atoms with Gasteiger partial charge in [-0.3, -0.25) is 4.79 Å². The summed E-state index contributed by atoms with van der Waals surface area (Å²) in [6.07, 6.45) is -1.41. The summed E-state index contributed by atoms with van der Waals surface area (Å²) < 4.78 is 9.95.